The molecule has 1 aliphatic heterocycles. The summed E-state index contributed by atoms with van der Waals surface area (Å²) in [5.41, 5.74) is 4.43. The van der Waals surface area contributed by atoms with E-state index < -0.39 is 0 Å². The molecule has 2 aromatic rings. The average molecular weight is 421 g/mol. The third kappa shape index (κ3) is 4.96. The minimum absolute atomic E-state index is 0.0987. The molecule has 0 amide bonds. The van der Waals surface area contributed by atoms with Crippen molar-refractivity contribution >= 4 is 11.5 Å². The lowest BCUT2D eigenvalue weighted by Crippen LogP contribution is -2.53. The van der Waals surface area contributed by atoms with E-state index in [9.17, 15) is 0 Å². The lowest BCUT2D eigenvalue weighted by atomic mass is 9.94. The zero-order chi connectivity index (χ0) is 22.6. The van der Waals surface area contributed by atoms with Gasteiger partial charge in [0.25, 0.3) is 0 Å². The molecule has 0 bridgehead atoms. The molecule has 1 fully saturated rings. The summed E-state index contributed by atoms with van der Waals surface area (Å²) in [6.45, 7) is 18.7. The maximum atomic E-state index is 4.73. The van der Waals surface area contributed by atoms with Crippen LogP contribution in [-0.4, -0.2) is 50.8 Å². The summed E-state index contributed by atoms with van der Waals surface area (Å²) in [5, 5.41) is 4.65. The molecule has 1 aliphatic rings. The third-order valence-corrected chi connectivity index (χ3v) is 6.20. The van der Waals surface area contributed by atoms with Crippen LogP contribution in [-0.2, 0) is 5.54 Å². The number of aryl methyl sites for hydroxylation is 2. The van der Waals surface area contributed by atoms with E-state index >= 15 is 0 Å². The molecule has 0 radical (unpaired) electrons. The molecule has 1 saturated heterocycles. The Bertz CT molecular complexity index is 987. The lowest BCUT2D eigenvalue weighted by Gasteiger charge is -2.44. The van der Waals surface area contributed by atoms with E-state index in [0.29, 0.717) is 0 Å². The van der Waals surface area contributed by atoms with Gasteiger partial charge in [-0.2, -0.15) is 5.10 Å². The van der Waals surface area contributed by atoms with Gasteiger partial charge in [0.05, 0.1) is 11.9 Å². The molecule has 2 aromatic heterocycles. The lowest BCUT2D eigenvalue weighted by molar-refractivity contribution is 0.111. The molecule has 3 rings (SSSR count). The van der Waals surface area contributed by atoms with Crippen LogP contribution in [0.15, 0.2) is 42.8 Å². The molecule has 0 saturated carbocycles. The van der Waals surface area contributed by atoms with Crippen molar-refractivity contribution in [1.29, 1.82) is 0 Å². The van der Waals surface area contributed by atoms with Gasteiger partial charge in [0.15, 0.2) is 0 Å². The second-order valence-corrected chi connectivity index (χ2v) is 8.63. The van der Waals surface area contributed by atoms with Gasteiger partial charge in [-0.3, -0.25) is 4.90 Å². The van der Waals surface area contributed by atoms with E-state index in [0.717, 1.165) is 49.2 Å². The smallest absolute Gasteiger partial charge is 0.135 e. The number of rotatable bonds is 6. The van der Waals surface area contributed by atoms with Crippen LogP contribution in [0.5, 0.6) is 0 Å². The number of allylic oxidation sites excluding steroid dienone is 6. The Balaban J connectivity index is 1.75. The second kappa shape index (κ2) is 9.60. The van der Waals surface area contributed by atoms with Crippen LogP contribution in [0.4, 0.5) is 5.82 Å². The monoisotopic (exact) mass is 420 g/mol. The second-order valence-electron chi connectivity index (χ2n) is 8.63. The van der Waals surface area contributed by atoms with Gasteiger partial charge in [-0.05, 0) is 60.6 Å². The normalized spacial score (nSPS) is 16.7. The van der Waals surface area contributed by atoms with E-state index in [4.69, 9.17) is 4.98 Å². The first-order chi connectivity index (χ1) is 14.8. The molecule has 0 N–H and O–H groups in total. The Morgan fingerprint density at radius 3 is 2.35 bits per heavy atom. The van der Waals surface area contributed by atoms with Crippen molar-refractivity contribution in [3.63, 3.8) is 0 Å². The van der Waals surface area contributed by atoms with Crippen molar-refractivity contribution in [3.8, 4) is 0 Å². The summed E-state index contributed by atoms with van der Waals surface area (Å²) < 4.78 is 1.96. The molecule has 0 aliphatic carbocycles. The summed E-state index contributed by atoms with van der Waals surface area (Å²) >= 11 is 0. The maximum absolute atomic E-state index is 4.73. The molecule has 0 spiro atoms. The van der Waals surface area contributed by atoms with Crippen molar-refractivity contribution < 1.29 is 0 Å². The van der Waals surface area contributed by atoms with Gasteiger partial charge in [-0.25, -0.2) is 14.6 Å². The topological polar surface area (TPSA) is 50.1 Å². The zero-order valence-corrected chi connectivity index (χ0v) is 20.1. The Labute approximate surface area is 187 Å². The quantitative estimate of drug-likeness (QED) is 0.637. The summed E-state index contributed by atoms with van der Waals surface area (Å²) in [5.74, 6) is 1.93. The van der Waals surface area contributed by atoms with Crippen molar-refractivity contribution in [2.24, 2.45) is 0 Å². The standard InChI is InChI=1S/C25H36N6/c1-8-10-12-23(11-9-2)31-18-22(17-26-31)25(6,7)30-15-13-29(14-16-30)24-19(3)20(4)27-21(5)28-24/h8-12,17-18H,13-16H2,1-7H3/b10-8-,11-9-,23-12+. The van der Waals surface area contributed by atoms with Crippen LogP contribution in [0.1, 0.15) is 50.3 Å². The summed E-state index contributed by atoms with van der Waals surface area (Å²) in [6.07, 6.45) is 14.4. The highest BCUT2D eigenvalue weighted by molar-refractivity contribution is 5.58. The highest BCUT2D eigenvalue weighted by Gasteiger charge is 2.33. The molecule has 166 valence electrons. The van der Waals surface area contributed by atoms with Crippen LogP contribution < -0.4 is 4.90 Å². The van der Waals surface area contributed by atoms with Crippen LogP contribution in [0.3, 0.4) is 0 Å². The molecular weight excluding hydrogens is 384 g/mol. The van der Waals surface area contributed by atoms with Gasteiger partial charge in [0.2, 0.25) is 0 Å². The molecule has 31 heavy (non-hydrogen) atoms. The van der Waals surface area contributed by atoms with Gasteiger partial charge in [-0.1, -0.05) is 18.2 Å². The first-order valence-corrected chi connectivity index (χ1v) is 11.1. The van der Waals surface area contributed by atoms with Gasteiger partial charge in [0, 0.05) is 54.7 Å². The molecule has 0 unspecified atom stereocenters. The molecule has 3 heterocycles. The van der Waals surface area contributed by atoms with E-state index in [1.807, 2.05) is 49.9 Å². The SMILES string of the molecule is C\C=C/C=C(\C=C/C)n1cc(C(C)(C)N2CCN(c3nc(C)nc(C)c3C)CC2)cn1. The largest absolute Gasteiger partial charge is 0.354 e. The molecular formula is C25H36N6. The molecule has 6 heteroatoms. The summed E-state index contributed by atoms with van der Waals surface area (Å²) in [4.78, 5) is 14.2. The number of anilines is 1. The first kappa shape index (κ1) is 22.9. The Morgan fingerprint density at radius 2 is 1.71 bits per heavy atom. The van der Waals surface area contributed by atoms with Crippen LogP contribution in [0, 0.1) is 20.8 Å². The zero-order valence-electron chi connectivity index (χ0n) is 20.1. The number of aromatic nitrogens is 4. The third-order valence-electron chi connectivity index (χ3n) is 6.20. The van der Waals surface area contributed by atoms with E-state index in [2.05, 4.69) is 65.9 Å². The fourth-order valence-electron chi connectivity index (χ4n) is 4.07. The predicted octanol–water partition coefficient (Wildman–Crippen LogP) is 4.65. The highest BCUT2D eigenvalue weighted by atomic mass is 15.3. The Hall–Kier alpha value is -2.73. The fraction of sp³-hybridized carbons (Fsp3) is 0.480. The Morgan fingerprint density at radius 1 is 1.00 bits per heavy atom. The van der Waals surface area contributed by atoms with Crippen molar-refractivity contribution in [2.45, 2.75) is 54.0 Å². The van der Waals surface area contributed by atoms with Gasteiger partial charge < -0.3 is 4.90 Å². The van der Waals surface area contributed by atoms with Gasteiger partial charge in [-0.15, -0.1) is 0 Å². The van der Waals surface area contributed by atoms with Crippen LogP contribution in [0.25, 0.3) is 5.70 Å². The van der Waals surface area contributed by atoms with Crippen molar-refractivity contribution in [3.05, 3.63) is 65.4 Å². The predicted molar refractivity (Wildman–Crippen MR) is 129 cm³/mol. The van der Waals surface area contributed by atoms with Crippen molar-refractivity contribution in [2.75, 3.05) is 31.1 Å². The van der Waals surface area contributed by atoms with E-state index in [-0.39, 0.29) is 5.54 Å². The van der Waals surface area contributed by atoms with Crippen LogP contribution >= 0.6 is 0 Å². The maximum Gasteiger partial charge on any atom is 0.135 e. The average Bonchev–Trinajstić information content (AvgIpc) is 3.25. The number of piperazine rings is 1. The highest BCUT2D eigenvalue weighted by Crippen LogP contribution is 2.30. The minimum atomic E-state index is -0.0987. The number of hydrogen-bond acceptors (Lipinski definition) is 5. The number of hydrogen-bond donors (Lipinski definition) is 0. The van der Waals surface area contributed by atoms with Gasteiger partial charge in [0.1, 0.15) is 11.6 Å². The fourth-order valence-corrected chi connectivity index (χ4v) is 4.07. The summed E-state index contributed by atoms with van der Waals surface area (Å²) in [7, 11) is 0. The van der Waals surface area contributed by atoms with Crippen LogP contribution in [0.2, 0.25) is 0 Å². The van der Waals surface area contributed by atoms with Gasteiger partial charge >= 0.3 is 0 Å². The first-order valence-electron chi connectivity index (χ1n) is 11.1. The van der Waals surface area contributed by atoms with Crippen molar-refractivity contribution in [1.82, 2.24) is 24.6 Å². The minimum Gasteiger partial charge on any atom is -0.354 e. The van der Waals surface area contributed by atoms with E-state index in [1.165, 1.54) is 11.1 Å². The van der Waals surface area contributed by atoms with E-state index in [1.54, 1.807) is 0 Å². The Kier molecular flexibility index (Phi) is 7.11. The number of nitrogens with zero attached hydrogens (tertiary/aromatic N) is 6. The molecule has 0 atom stereocenters. The summed E-state index contributed by atoms with van der Waals surface area (Å²) in [6, 6.07) is 0. The molecule has 6 nitrogen and oxygen atoms in total. The molecule has 0 aromatic carbocycles.